The smallest absolute Gasteiger partial charge is 0.0580 e. The van der Waals surface area contributed by atoms with Crippen molar-refractivity contribution in [1.29, 1.82) is 0 Å². The Kier molecular flexibility index (Phi) is 1.62. The van der Waals surface area contributed by atoms with E-state index in [1.807, 2.05) is 6.92 Å². The van der Waals surface area contributed by atoms with Crippen molar-refractivity contribution in [3.05, 3.63) is 11.1 Å². The van der Waals surface area contributed by atoms with Gasteiger partial charge in [-0.25, -0.2) is 0 Å². The van der Waals surface area contributed by atoms with Crippen molar-refractivity contribution < 1.29 is 5.11 Å². The summed E-state index contributed by atoms with van der Waals surface area (Å²) < 4.78 is 0. The minimum atomic E-state index is -0.130. The molecule has 1 fully saturated rings. The molecule has 1 heteroatoms. The second kappa shape index (κ2) is 2.14. The normalized spacial score (nSPS) is 28.0. The fourth-order valence-electron chi connectivity index (χ4n) is 1.21. The lowest BCUT2D eigenvalue weighted by Gasteiger charge is -1.96. The van der Waals surface area contributed by atoms with Gasteiger partial charge >= 0.3 is 0 Å². The van der Waals surface area contributed by atoms with Crippen LogP contribution in [0.1, 0.15) is 27.2 Å². The number of allylic oxidation sites excluding steroid dienone is 1. The highest BCUT2D eigenvalue weighted by Crippen LogP contribution is 2.42. The maximum absolute atomic E-state index is 9.08. The van der Waals surface area contributed by atoms with Gasteiger partial charge in [-0.2, -0.15) is 0 Å². The molecule has 0 spiro atoms. The van der Waals surface area contributed by atoms with Crippen molar-refractivity contribution in [1.82, 2.24) is 0 Å². The third-order valence-electron chi connectivity index (χ3n) is 1.95. The van der Waals surface area contributed by atoms with Crippen molar-refractivity contribution in [3.63, 3.8) is 0 Å². The molecule has 0 aliphatic heterocycles. The van der Waals surface area contributed by atoms with E-state index in [0.29, 0.717) is 5.92 Å². The first-order valence-corrected chi connectivity index (χ1v) is 3.47. The quantitative estimate of drug-likeness (QED) is 0.530. The van der Waals surface area contributed by atoms with E-state index in [1.165, 1.54) is 11.1 Å². The van der Waals surface area contributed by atoms with Crippen LogP contribution in [-0.4, -0.2) is 11.2 Å². The van der Waals surface area contributed by atoms with Crippen molar-refractivity contribution in [2.75, 3.05) is 0 Å². The van der Waals surface area contributed by atoms with Gasteiger partial charge in [-0.1, -0.05) is 11.1 Å². The van der Waals surface area contributed by atoms with Crippen LogP contribution >= 0.6 is 0 Å². The van der Waals surface area contributed by atoms with Crippen LogP contribution in [0, 0.1) is 5.92 Å². The predicted octanol–water partition coefficient (Wildman–Crippen LogP) is 1.72. The molecule has 2 unspecified atom stereocenters. The average Bonchev–Trinajstić information content (AvgIpc) is 2.39. The molecular weight excluding hydrogens is 112 g/mol. The summed E-state index contributed by atoms with van der Waals surface area (Å²) in [6, 6.07) is 0. The van der Waals surface area contributed by atoms with E-state index in [2.05, 4.69) is 13.8 Å². The van der Waals surface area contributed by atoms with Crippen LogP contribution in [-0.2, 0) is 0 Å². The maximum Gasteiger partial charge on any atom is 0.0580 e. The van der Waals surface area contributed by atoms with Gasteiger partial charge < -0.3 is 5.11 Å². The third-order valence-corrected chi connectivity index (χ3v) is 1.95. The molecule has 9 heavy (non-hydrogen) atoms. The zero-order valence-electron chi connectivity index (χ0n) is 6.31. The molecule has 1 rings (SSSR count). The van der Waals surface area contributed by atoms with Gasteiger partial charge in [0.1, 0.15) is 0 Å². The lowest BCUT2D eigenvalue weighted by Crippen LogP contribution is -2.01. The Morgan fingerprint density at radius 2 is 2.22 bits per heavy atom. The second-order valence-corrected chi connectivity index (χ2v) is 3.08. The van der Waals surface area contributed by atoms with Gasteiger partial charge in [-0.15, -0.1) is 0 Å². The molecule has 52 valence electrons. The Labute approximate surface area is 56.4 Å². The maximum atomic E-state index is 9.08. The molecule has 0 radical (unpaired) electrons. The Morgan fingerprint density at radius 1 is 1.67 bits per heavy atom. The van der Waals surface area contributed by atoms with Gasteiger partial charge in [0.05, 0.1) is 6.10 Å². The first-order valence-electron chi connectivity index (χ1n) is 3.47. The van der Waals surface area contributed by atoms with Crippen LogP contribution < -0.4 is 0 Å². The first-order chi connectivity index (χ1) is 4.13. The summed E-state index contributed by atoms with van der Waals surface area (Å²) in [6.45, 7) is 6.08. The molecule has 1 nitrogen and oxygen atoms in total. The predicted molar refractivity (Wildman–Crippen MR) is 38.2 cm³/mol. The molecule has 0 aromatic carbocycles. The molecule has 0 aromatic rings. The Bertz CT molecular complexity index is 141. The van der Waals surface area contributed by atoms with Gasteiger partial charge in [0.15, 0.2) is 0 Å². The minimum Gasteiger partial charge on any atom is -0.393 e. The molecule has 0 bridgehead atoms. The largest absolute Gasteiger partial charge is 0.393 e. The highest BCUT2D eigenvalue weighted by Gasteiger charge is 2.34. The molecule has 0 aromatic heterocycles. The summed E-state index contributed by atoms with van der Waals surface area (Å²) in [5.74, 6) is 0.495. The second-order valence-electron chi connectivity index (χ2n) is 3.08. The van der Waals surface area contributed by atoms with Crippen LogP contribution in [0.5, 0.6) is 0 Å². The van der Waals surface area contributed by atoms with Crippen molar-refractivity contribution in [2.45, 2.75) is 33.3 Å². The van der Waals surface area contributed by atoms with E-state index in [-0.39, 0.29) is 6.10 Å². The topological polar surface area (TPSA) is 20.2 Å². The Morgan fingerprint density at radius 3 is 2.33 bits per heavy atom. The summed E-state index contributed by atoms with van der Waals surface area (Å²) in [5.41, 5.74) is 2.85. The molecule has 2 atom stereocenters. The van der Waals surface area contributed by atoms with E-state index < -0.39 is 0 Å². The molecule has 1 aliphatic carbocycles. The van der Waals surface area contributed by atoms with E-state index in [4.69, 9.17) is 5.11 Å². The van der Waals surface area contributed by atoms with Crippen molar-refractivity contribution >= 4 is 0 Å². The molecule has 1 saturated carbocycles. The van der Waals surface area contributed by atoms with Crippen LogP contribution in [0.15, 0.2) is 11.1 Å². The number of aliphatic hydroxyl groups excluding tert-OH is 1. The summed E-state index contributed by atoms with van der Waals surface area (Å²) >= 11 is 0. The number of rotatable bonds is 1. The molecular formula is C8H14O. The van der Waals surface area contributed by atoms with Crippen molar-refractivity contribution in [2.24, 2.45) is 5.92 Å². The van der Waals surface area contributed by atoms with Crippen LogP contribution in [0.2, 0.25) is 0 Å². The molecule has 1 aliphatic rings. The summed E-state index contributed by atoms with van der Waals surface area (Å²) in [6.07, 6.45) is 0.995. The van der Waals surface area contributed by atoms with Gasteiger partial charge in [0.25, 0.3) is 0 Å². The van der Waals surface area contributed by atoms with E-state index in [9.17, 15) is 0 Å². The van der Waals surface area contributed by atoms with E-state index in [0.717, 1.165) is 6.42 Å². The van der Waals surface area contributed by atoms with E-state index in [1.54, 1.807) is 0 Å². The highest BCUT2D eigenvalue weighted by atomic mass is 16.3. The standard InChI is InChI=1S/C8H14O/c1-5(2)7-4-8(7)6(3)9/h6,8-9H,4H2,1-3H3. The molecule has 1 N–H and O–H groups in total. The van der Waals surface area contributed by atoms with Gasteiger partial charge in [-0.05, 0) is 27.2 Å². The number of hydrogen-bond donors (Lipinski definition) is 1. The third kappa shape index (κ3) is 1.33. The lowest BCUT2D eigenvalue weighted by molar-refractivity contribution is 0.176. The minimum absolute atomic E-state index is 0.130. The fraction of sp³-hybridized carbons (Fsp3) is 0.750. The summed E-state index contributed by atoms with van der Waals surface area (Å²) in [7, 11) is 0. The Hall–Kier alpha value is -0.300. The fourth-order valence-corrected chi connectivity index (χ4v) is 1.21. The number of aliphatic hydroxyl groups is 1. The van der Waals surface area contributed by atoms with Crippen LogP contribution in [0.3, 0.4) is 0 Å². The van der Waals surface area contributed by atoms with Crippen LogP contribution in [0.25, 0.3) is 0 Å². The summed E-state index contributed by atoms with van der Waals surface area (Å²) in [5, 5.41) is 9.08. The first kappa shape index (κ1) is 6.81. The molecule has 0 heterocycles. The zero-order chi connectivity index (χ0) is 7.02. The van der Waals surface area contributed by atoms with E-state index >= 15 is 0 Å². The lowest BCUT2D eigenvalue weighted by atomic mass is 10.2. The van der Waals surface area contributed by atoms with Crippen molar-refractivity contribution in [3.8, 4) is 0 Å². The van der Waals surface area contributed by atoms with Crippen LogP contribution in [0.4, 0.5) is 0 Å². The number of hydrogen-bond acceptors (Lipinski definition) is 1. The SMILES string of the molecule is CC(C)=C1CC1C(C)O. The Balaban J connectivity index is 2.51. The zero-order valence-corrected chi connectivity index (χ0v) is 6.31. The molecule has 0 amide bonds. The monoisotopic (exact) mass is 126 g/mol. The van der Waals surface area contributed by atoms with Gasteiger partial charge in [0.2, 0.25) is 0 Å². The summed E-state index contributed by atoms with van der Waals surface area (Å²) in [4.78, 5) is 0. The average molecular weight is 126 g/mol. The van der Waals surface area contributed by atoms with Gasteiger partial charge in [-0.3, -0.25) is 0 Å². The molecule has 0 saturated heterocycles. The van der Waals surface area contributed by atoms with Gasteiger partial charge in [0, 0.05) is 5.92 Å². The highest BCUT2D eigenvalue weighted by molar-refractivity contribution is 5.29.